The number of hydrogen-bond acceptors (Lipinski definition) is 4. The SMILES string of the molecule is O=Cc1cccn1Cc1nc2ccsc2c(=O)[nH]1. The lowest BCUT2D eigenvalue weighted by molar-refractivity contribution is 0.111. The Hall–Kier alpha value is -2.21. The molecular formula is C12H9N3O2S. The molecule has 1 N–H and O–H groups in total. The first kappa shape index (κ1) is 10.9. The largest absolute Gasteiger partial charge is 0.338 e. The second-order valence-corrected chi connectivity index (χ2v) is 4.74. The average Bonchev–Trinajstić information content (AvgIpc) is 2.97. The molecule has 6 heteroatoms. The third kappa shape index (κ3) is 1.76. The van der Waals surface area contributed by atoms with Crippen LogP contribution in [0.25, 0.3) is 10.2 Å². The van der Waals surface area contributed by atoms with E-state index in [1.807, 2.05) is 11.4 Å². The van der Waals surface area contributed by atoms with Gasteiger partial charge in [-0.1, -0.05) is 0 Å². The summed E-state index contributed by atoms with van der Waals surface area (Å²) < 4.78 is 2.37. The van der Waals surface area contributed by atoms with Crippen LogP contribution in [0.5, 0.6) is 0 Å². The van der Waals surface area contributed by atoms with E-state index in [0.29, 0.717) is 28.3 Å². The van der Waals surface area contributed by atoms with E-state index in [4.69, 9.17) is 0 Å². The Labute approximate surface area is 106 Å². The lowest BCUT2D eigenvalue weighted by Crippen LogP contribution is -2.13. The third-order valence-corrected chi connectivity index (χ3v) is 3.57. The summed E-state index contributed by atoms with van der Waals surface area (Å²) in [7, 11) is 0. The fraction of sp³-hybridized carbons (Fsp3) is 0.0833. The lowest BCUT2D eigenvalue weighted by Gasteiger charge is -2.04. The Balaban J connectivity index is 2.05. The van der Waals surface area contributed by atoms with Crippen LogP contribution in [-0.2, 0) is 6.54 Å². The van der Waals surface area contributed by atoms with Gasteiger partial charge in [-0.15, -0.1) is 11.3 Å². The highest BCUT2D eigenvalue weighted by Gasteiger charge is 2.06. The van der Waals surface area contributed by atoms with Crippen molar-refractivity contribution in [2.75, 3.05) is 0 Å². The second kappa shape index (κ2) is 4.23. The molecular weight excluding hydrogens is 250 g/mol. The van der Waals surface area contributed by atoms with E-state index in [9.17, 15) is 9.59 Å². The van der Waals surface area contributed by atoms with Gasteiger partial charge in [0.1, 0.15) is 10.5 Å². The van der Waals surface area contributed by atoms with Gasteiger partial charge in [-0.2, -0.15) is 0 Å². The first-order chi connectivity index (χ1) is 8.78. The summed E-state index contributed by atoms with van der Waals surface area (Å²) >= 11 is 1.37. The zero-order chi connectivity index (χ0) is 12.5. The Morgan fingerprint density at radius 3 is 3.17 bits per heavy atom. The van der Waals surface area contributed by atoms with Gasteiger partial charge >= 0.3 is 0 Å². The van der Waals surface area contributed by atoms with Gasteiger partial charge in [-0.3, -0.25) is 9.59 Å². The highest BCUT2D eigenvalue weighted by molar-refractivity contribution is 7.17. The van der Waals surface area contributed by atoms with Crippen molar-refractivity contribution < 1.29 is 4.79 Å². The van der Waals surface area contributed by atoms with E-state index in [0.717, 1.165) is 6.29 Å². The van der Waals surface area contributed by atoms with Gasteiger partial charge in [0.15, 0.2) is 6.29 Å². The van der Waals surface area contributed by atoms with Crippen LogP contribution in [0, 0.1) is 0 Å². The molecule has 18 heavy (non-hydrogen) atoms. The molecule has 3 aromatic rings. The van der Waals surface area contributed by atoms with Crippen molar-refractivity contribution in [3.05, 3.63) is 51.6 Å². The minimum atomic E-state index is -0.134. The Kier molecular flexibility index (Phi) is 2.56. The standard InChI is InChI=1S/C12H9N3O2S/c16-7-8-2-1-4-15(8)6-10-13-9-3-5-18-11(9)12(17)14-10/h1-5,7H,6H2,(H,13,14,17). The number of hydrogen-bond donors (Lipinski definition) is 1. The summed E-state index contributed by atoms with van der Waals surface area (Å²) in [6.45, 7) is 0.377. The minimum Gasteiger partial charge on any atom is -0.338 e. The van der Waals surface area contributed by atoms with Gasteiger partial charge in [0.25, 0.3) is 5.56 Å². The lowest BCUT2D eigenvalue weighted by atomic mass is 10.4. The maximum atomic E-state index is 11.8. The molecule has 0 atom stereocenters. The molecule has 0 unspecified atom stereocenters. The quantitative estimate of drug-likeness (QED) is 0.727. The number of aromatic nitrogens is 3. The molecule has 0 bridgehead atoms. The normalized spacial score (nSPS) is 10.9. The summed E-state index contributed by atoms with van der Waals surface area (Å²) in [5.74, 6) is 0.546. The summed E-state index contributed by atoms with van der Waals surface area (Å²) in [5.41, 5.74) is 1.12. The predicted molar refractivity (Wildman–Crippen MR) is 69.2 cm³/mol. The van der Waals surface area contributed by atoms with E-state index >= 15 is 0 Å². The molecule has 0 radical (unpaired) electrons. The van der Waals surface area contributed by atoms with Crippen LogP contribution in [0.15, 0.2) is 34.6 Å². The van der Waals surface area contributed by atoms with Crippen molar-refractivity contribution in [3.63, 3.8) is 0 Å². The highest BCUT2D eigenvalue weighted by Crippen LogP contribution is 2.14. The molecule has 0 aliphatic heterocycles. The Bertz CT molecular complexity index is 769. The molecule has 3 rings (SSSR count). The molecule has 0 aliphatic rings. The van der Waals surface area contributed by atoms with Crippen molar-refractivity contribution >= 4 is 27.8 Å². The molecule has 0 spiro atoms. The number of carbonyl (C=O) groups excluding carboxylic acids is 1. The monoisotopic (exact) mass is 259 g/mol. The van der Waals surface area contributed by atoms with Crippen LogP contribution in [0.1, 0.15) is 16.3 Å². The molecule has 0 saturated heterocycles. The van der Waals surface area contributed by atoms with Crippen LogP contribution in [0.4, 0.5) is 0 Å². The van der Waals surface area contributed by atoms with Crippen molar-refractivity contribution in [2.45, 2.75) is 6.54 Å². The van der Waals surface area contributed by atoms with Crippen molar-refractivity contribution in [3.8, 4) is 0 Å². The molecule has 0 fully saturated rings. The van der Waals surface area contributed by atoms with Gasteiger partial charge in [0.2, 0.25) is 0 Å². The average molecular weight is 259 g/mol. The number of H-pyrrole nitrogens is 1. The molecule has 5 nitrogen and oxygen atoms in total. The first-order valence-corrected chi connectivity index (χ1v) is 6.22. The number of rotatable bonds is 3. The maximum Gasteiger partial charge on any atom is 0.268 e. The number of nitrogens with one attached hydrogen (secondary N) is 1. The zero-order valence-corrected chi connectivity index (χ0v) is 10.1. The maximum absolute atomic E-state index is 11.8. The van der Waals surface area contributed by atoms with E-state index in [2.05, 4.69) is 9.97 Å². The molecule has 0 aromatic carbocycles. The molecule has 0 amide bonds. The van der Waals surface area contributed by atoms with E-state index in [1.165, 1.54) is 11.3 Å². The smallest absolute Gasteiger partial charge is 0.268 e. The minimum absolute atomic E-state index is 0.134. The number of fused-ring (bicyclic) bond motifs is 1. The van der Waals surface area contributed by atoms with Crippen molar-refractivity contribution in [2.24, 2.45) is 0 Å². The van der Waals surface area contributed by atoms with E-state index in [-0.39, 0.29) is 5.56 Å². The number of carbonyl (C=O) groups is 1. The van der Waals surface area contributed by atoms with Gasteiger partial charge in [0, 0.05) is 6.20 Å². The summed E-state index contributed by atoms with van der Waals surface area (Å²) in [4.78, 5) is 29.7. The van der Waals surface area contributed by atoms with Crippen LogP contribution in [0.2, 0.25) is 0 Å². The Morgan fingerprint density at radius 1 is 1.44 bits per heavy atom. The number of nitrogens with zero attached hydrogens (tertiary/aromatic N) is 2. The molecule has 3 aromatic heterocycles. The summed E-state index contributed by atoms with van der Waals surface area (Å²) in [5, 5.41) is 1.84. The number of aromatic amines is 1. The summed E-state index contributed by atoms with van der Waals surface area (Å²) in [6.07, 6.45) is 2.56. The third-order valence-electron chi connectivity index (χ3n) is 2.67. The van der Waals surface area contributed by atoms with E-state index < -0.39 is 0 Å². The molecule has 90 valence electrons. The number of thiophene rings is 1. The van der Waals surface area contributed by atoms with Crippen LogP contribution >= 0.6 is 11.3 Å². The van der Waals surface area contributed by atoms with Gasteiger partial charge < -0.3 is 9.55 Å². The first-order valence-electron chi connectivity index (χ1n) is 5.34. The fourth-order valence-corrected chi connectivity index (χ4v) is 2.56. The topological polar surface area (TPSA) is 67.8 Å². The van der Waals surface area contributed by atoms with Crippen LogP contribution in [0.3, 0.4) is 0 Å². The van der Waals surface area contributed by atoms with Gasteiger partial charge in [-0.25, -0.2) is 4.98 Å². The van der Waals surface area contributed by atoms with Crippen molar-refractivity contribution in [1.29, 1.82) is 0 Å². The molecule has 0 saturated carbocycles. The van der Waals surface area contributed by atoms with Crippen molar-refractivity contribution in [1.82, 2.24) is 14.5 Å². The number of aldehydes is 1. The van der Waals surface area contributed by atoms with Crippen LogP contribution < -0.4 is 5.56 Å². The zero-order valence-electron chi connectivity index (χ0n) is 9.29. The highest BCUT2D eigenvalue weighted by atomic mass is 32.1. The fourth-order valence-electron chi connectivity index (χ4n) is 1.84. The van der Waals surface area contributed by atoms with Gasteiger partial charge in [-0.05, 0) is 23.6 Å². The Morgan fingerprint density at radius 2 is 2.33 bits per heavy atom. The second-order valence-electron chi connectivity index (χ2n) is 3.83. The van der Waals surface area contributed by atoms with Crippen LogP contribution in [-0.4, -0.2) is 20.8 Å². The molecule has 3 heterocycles. The molecule has 0 aliphatic carbocycles. The van der Waals surface area contributed by atoms with Gasteiger partial charge in [0.05, 0.1) is 17.8 Å². The van der Waals surface area contributed by atoms with E-state index in [1.54, 1.807) is 22.9 Å². The predicted octanol–water partition coefficient (Wildman–Crippen LogP) is 1.65. The summed E-state index contributed by atoms with van der Waals surface area (Å²) in [6, 6.07) is 5.31.